The molecule has 1 amide bonds. The zero-order chi connectivity index (χ0) is 15.2. The van der Waals surface area contributed by atoms with Gasteiger partial charge in [0.1, 0.15) is 0 Å². The molecule has 0 saturated carbocycles. The van der Waals surface area contributed by atoms with Crippen LogP contribution in [-0.4, -0.2) is 23.7 Å². The highest BCUT2D eigenvalue weighted by Gasteiger charge is 2.15. The van der Waals surface area contributed by atoms with Gasteiger partial charge in [-0.25, -0.2) is 0 Å². The lowest BCUT2D eigenvalue weighted by Crippen LogP contribution is -2.39. The number of carbonyl (C=O) groups is 1. The van der Waals surface area contributed by atoms with E-state index in [0.29, 0.717) is 21.5 Å². The van der Waals surface area contributed by atoms with Gasteiger partial charge in [0.2, 0.25) is 0 Å². The average Bonchev–Trinajstić information content (AvgIpc) is 2.47. The lowest BCUT2D eigenvalue weighted by molar-refractivity contribution is 0.0915. The lowest BCUT2D eigenvalue weighted by atomic mass is 10.1. The molecule has 2 aromatic rings. The third kappa shape index (κ3) is 4.56. The van der Waals surface area contributed by atoms with Crippen LogP contribution in [0.3, 0.4) is 0 Å². The van der Waals surface area contributed by atoms with Gasteiger partial charge >= 0.3 is 0 Å². The first kappa shape index (κ1) is 16.0. The van der Waals surface area contributed by atoms with Gasteiger partial charge in [-0.1, -0.05) is 41.9 Å². The van der Waals surface area contributed by atoms with Crippen LogP contribution in [0.25, 0.3) is 0 Å². The van der Waals surface area contributed by atoms with Crippen molar-refractivity contribution in [3.63, 3.8) is 0 Å². The van der Waals surface area contributed by atoms with E-state index in [-0.39, 0.29) is 18.6 Å². The molecule has 5 heteroatoms. The minimum atomic E-state index is -0.331. The van der Waals surface area contributed by atoms with Gasteiger partial charge in [0.15, 0.2) is 0 Å². The van der Waals surface area contributed by atoms with Gasteiger partial charge in [-0.3, -0.25) is 4.79 Å². The molecular formula is C16H15BrClNO2. The third-order valence-corrected chi connectivity index (χ3v) is 3.95. The highest BCUT2D eigenvalue weighted by atomic mass is 79.9. The Labute approximate surface area is 137 Å². The molecule has 3 nitrogen and oxygen atoms in total. The molecule has 2 rings (SSSR count). The predicted molar refractivity (Wildman–Crippen MR) is 87.6 cm³/mol. The first-order chi connectivity index (χ1) is 10.1. The normalized spacial score (nSPS) is 12.0. The topological polar surface area (TPSA) is 49.3 Å². The molecule has 0 heterocycles. The summed E-state index contributed by atoms with van der Waals surface area (Å²) in [6, 6.07) is 14.4. The SMILES string of the molecule is O=C(N[C@@H](CO)Cc1ccccc1)c1ccc(Cl)cc1Br. The molecule has 0 unspecified atom stereocenters. The van der Waals surface area contributed by atoms with Crippen LogP contribution in [0.2, 0.25) is 5.02 Å². The van der Waals surface area contributed by atoms with Crippen molar-refractivity contribution in [3.05, 3.63) is 69.2 Å². The number of halogens is 2. The number of aliphatic hydroxyl groups is 1. The van der Waals surface area contributed by atoms with Gasteiger partial charge in [0.25, 0.3) is 5.91 Å². The van der Waals surface area contributed by atoms with Crippen LogP contribution in [0.4, 0.5) is 0 Å². The van der Waals surface area contributed by atoms with Crippen LogP contribution in [-0.2, 0) is 6.42 Å². The van der Waals surface area contributed by atoms with E-state index in [1.165, 1.54) is 0 Å². The van der Waals surface area contributed by atoms with Crippen molar-refractivity contribution in [3.8, 4) is 0 Å². The highest BCUT2D eigenvalue weighted by molar-refractivity contribution is 9.10. The molecular weight excluding hydrogens is 354 g/mol. The van der Waals surface area contributed by atoms with Gasteiger partial charge < -0.3 is 10.4 Å². The molecule has 21 heavy (non-hydrogen) atoms. The quantitative estimate of drug-likeness (QED) is 0.849. The monoisotopic (exact) mass is 367 g/mol. The zero-order valence-corrected chi connectivity index (χ0v) is 13.6. The molecule has 0 fully saturated rings. The van der Waals surface area contributed by atoms with Crippen molar-refractivity contribution < 1.29 is 9.90 Å². The van der Waals surface area contributed by atoms with Crippen molar-refractivity contribution in [2.24, 2.45) is 0 Å². The summed E-state index contributed by atoms with van der Waals surface area (Å²) in [7, 11) is 0. The Kier molecular flexibility index (Phi) is 5.79. The van der Waals surface area contributed by atoms with Crippen molar-refractivity contribution in [1.82, 2.24) is 5.32 Å². The maximum absolute atomic E-state index is 12.2. The van der Waals surface area contributed by atoms with E-state index < -0.39 is 0 Å². The Morgan fingerprint density at radius 1 is 1.24 bits per heavy atom. The molecule has 0 spiro atoms. The summed E-state index contributed by atoms with van der Waals surface area (Å²) in [6.07, 6.45) is 0.578. The molecule has 110 valence electrons. The predicted octanol–water partition coefficient (Wildman–Crippen LogP) is 3.44. The number of aliphatic hydroxyl groups excluding tert-OH is 1. The molecule has 0 radical (unpaired) electrons. The number of benzene rings is 2. The first-order valence-corrected chi connectivity index (χ1v) is 7.68. The van der Waals surface area contributed by atoms with E-state index in [2.05, 4.69) is 21.2 Å². The Balaban J connectivity index is 2.06. The van der Waals surface area contributed by atoms with E-state index in [1.807, 2.05) is 30.3 Å². The Morgan fingerprint density at radius 3 is 2.57 bits per heavy atom. The van der Waals surface area contributed by atoms with Crippen LogP contribution < -0.4 is 5.32 Å². The van der Waals surface area contributed by atoms with Crippen LogP contribution in [0, 0.1) is 0 Å². The van der Waals surface area contributed by atoms with Crippen LogP contribution >= 0.6 is 27.5 Å². The van der Waals surface area contributed by atoms with E-state index in [9.17, 15) is 9.90 Å². The molecule has 1 atom stereocenters. The Bertz CT molecular complexity index is 619. The number of hydrogen-bond donors (Lipinski definition) is 2. The van der Waals surface area contributed by atoms with Crippen molar-refractivity contribution in [2.45, 2.75) is 12.5 Å². The molecule has 0 bridgehead atoms. The Morgan fingerprint density at radius 2 is 1.95 bits per heavy atom. The second-order valence-electron chi connectivity index (χ2n) is 4.67. The number of hydrogen-bond acceptors (Lipinski definition) is 2. The standard InChI is InChI=1S/C16H15BrClNO2/c17-15-9-12(18)6-7-14(15)16(21)19-13(10-20)8-11-4-2-1-3-5-11/h1-7,9,13,20H,8,10H2,(H,19,21)/t13-/m1/s1. The number of rotatable bonds is 5. The fraction of sp³-hybridized carbons (Fsp3) is 0.188. The molecule has 0 saturated heterocycles. The van der Waals surface area contributed by atoms with Crippen molar-refractivity contribution >= 4 is 33.4 Å². The van der Waals surface area contributed by atoms with E-state index in [1.54, 1.807) is 18.2 Å². The lowest BCUT2D eigenvalue weighted by Gasteiger charge is -2.17. The van der Waals surface area contributed by atoms with Crippen LogP contribution in [0.1, 0.15) is 15.9 Å². The molecule has 0 aliphatic carbocycles. The minimum Gasteiger partial charge on any atom is -0.394 e. The van der Waals surface area contributed by atoms with Crippen LogP contribution in [0.5, 0.6) is 0 Å². The smallest absolute Gasteiger partial charge is 0.252 e. The summed E-state index contributed by atoms with van der Waals surface area (Å²) < 4.78 is 0.629. The second kappa shape index (κ2) is 7.59. The van der Waals surface area contributed by atoms with E-state index >= 15 is 0 Å². The van der Waals surface area contributed by atoms with E-state index in [4.69, 9.17) is 11.6 Å². The number of carbonyl (C=O) groups excluding carboxylic acids is 1. The maximum atomic E-state index is 12.2. The first-order valence-electron chi connectivity index (χ1n) is 6.51. The zero-order valence-electron chi connectivity index (χ0n) is 11.2. The van der Waals surface area contributed by atoms with E-state index in [0.717, 1.165) is 5.56 Å². The number of nitrogens with one attached hydrogen (secondary N) is 1. The van der Waals surface area contributed by atoms with Gasteiger partial charge in [0, 0.05) is 9.50 Å². The van der Waals surface area contributed by atoms with Crippen molar-refractivity contribution in [2.75, 3.05) is 6.61 Å². The summed E-state index contributed by atoms with van der Waals surface area (Å²) >= 11 is 9.18. The second-order valence-corrected chi connectivity index (χ2v) is 5.96. The minimum absolute atomic E-state index is 0.119. The fourth-order valence-corrected chi connectivity index (χ4v) is 2.86. The molecule has 2 aromatic carbocycles. The maximum Gasteiger partial charge on any atom is 0.252 e. The summed E-state index contributed by atoms with van der Waals surface area (Å²) in [5.41, 5.74) is 1.55. The molecule has 0 aliphatic rings. The summed E-state index contributed by atoms with van der Waals surface area (Å²) in [5, 5.41) is 12.8. The van der Waals surface area contributed by atoms with Gasteiger partial charge in [-0.2, -0.15) is 0 Å². The average molecular weight is 369 g/mol. The van der Waals surface area contributed by atoms with Crippen molar-refractivity contribution in [1.29, 1.82) is 0 Å². The highest BCUT2D eigenvalue weighted by Crippen LogP contribution is 2.21. The molecule has 0 aliphatic heterocycles. The third-order valence-electron chi connectivity index (χ3n) is 3.06. The van der Waals surface area contributed by atoms with Gasteiger partial charge in [0.05, 0.1) is 18.2 Å². The fourth-order valence-electron chi connectivity index (χ4n) is 2.00. The molecule has 2 N–H and O–H groups in total. The summed E-state index contributed by atoms with van der Waals surface area (Å²) in [4.78, 5) is 12.2. The number of amides is 1. The van der Waals surface area contributed by atoms with Gasteiger partial charge in [-0.15, -0.1) is 0 Å². The van der Waals surface area contributed by atoms with Crippen LogP contribution in [0.15, 0.2) is 53.0 Å². The Hall–Kier alpha value is -1.36. The largest absolute Gasteiger partial charge is 0.394 e. The summed E-state index contributed by atoms with van der Waals surface area (Å²) in [6.45, 7) is -0.119. The molecule has 0 aromatic heterocycles. The summed E-state index contributed by atoms with van der Waals surface area (Å²) in [5.74, 6) is -0.242. The van der Waals surface area contributed by atoms with Gasteiger partial charge in [-0.05, 0) is 46.1 Å².